The molecule has 1 aromatic carbocycles. The number of rotatable bonds is 4. The first-order valence-electron chi connectivity index (χ1n) is 5.46. The first kappa shape index (κ1) is 16.5. The van der Waals surface area contributed by atoms with Gasteiger partial charge in [-0.1, -0.05) is 0 Å². The molecule has 0 bridgehead atoms. The number of hydrogen-bond acceptors (Lipinski definition) is 4. The monoisotopic (exact) mass is 489 g/mol. The van der Waals surface area contributed by atoms with Crippen LogP contribution in [0.4, 0.5) is 0 Å². The van der Waals surface area contributed by atoms with Gasteiger partial charge in [0.1, 0.15) is 12.3 Å². The number of nitrogens with zero attached hydrogens (tertiary/aromatic N) is 1. The quantitative estimate of drug-likeness (QED) is 0.521. The van der Waals surface area contributed by atoms with E-state index in [0.717, 1.165) is 3.57 Å². The molecule has 0 unspecified atom stereocenters. The van der Waals surface area contributed by atoms with Gasteiger partial charge in [-0.05, 0) is 64.2 Å². The van der Waals surface area contributed by atoms with Crippen LogP contribution in [0.5, 0.6) is 5.75 Å². The molecule has 0 radical (unpaired) electrons. The van der Waals surface area contributed by atoms with Gasteiger partial charge >= 0.3 is 5.97 Å². The highest BCUT2D eigenvalue weighted by molar-refractivity contribution is 14.1. The Kier molecular flexibility index (Phi) is 6.30. The van der Waals surface area contributed by atoms with E-state index >= 15 is 0 Å². The second-order valence-corrected chi connectivity index (χ2v) is 6.16. The van der Waals surface area contributed by atoms with Crippen molar-refractivity contribution in [3.63, 3.8) is 0 Å². The molecule has 5 nitrogen and oxygen atoms in total. The molecule has 0 fully saturated rings. The van der Waals surface area contributed by atoms with Gasteiger partial charge < -0.3 is 14.7 Å². The minimum absolute atomic E-state index is 0.0678. The summed E-state index contributed by atoms with van der Waals surface area (Å²) in [6.45, 7) is 1.83. The van der Waals surface area contributed by atoms with E-state index in [1.165, 1.54) is 11.9 Å². The summed E-state index contributed by atoms with van der Waals surface area (Å²) in [6.07, 6.45) is 0. The van der Waals surface area contributed by atoms with E-state index in [0.29, 0.717) is 3.57 Å². The molecule has 0 aliphatic heterocycles. The van der Waals surface area contributed by atoms with Crippen LogP contribution in [0.3, 0.4) is 0 Å². The highest BCUT2D eigenvalue weighted by Crippen LogP contribution is 2.27. The fourth-order valence-electron chi connectivity index (χ4n) is 1.41. The van der Waals surface area contributed by atoms with Crippen LogP contribution in [0.1, 0.15) is 17.3 Å². The molecule has 0 atom stereocenters. The summed E-state index contributed by atoms with van der Waals surface area (Å²) in [5.41, 5.74) is 0.183. The van der Waals surface area contributed by atoms with Crippen molar-refractivity contribution in [3.05, 3.63) is 24.8 Å². The largest absolute Gasteiger partial charge is 0.506 e. The lowest BCUT2D eigenvalue weighted by Gasteiger charge is -2.17. The molecular formula is C12H13I2NO4. The summed E-state index contributed by atoms with van der Waals surface area (Å²) >= 11 is 4.02. The van der Waals surface area contributed by atoms with Crippen molar-refractivity contribution in [1.82, 2.24) is 4.90 Å². The number of halogens is 2. The van der Waals surface area contributed by atoms with Gasteiger partial charge in [0.15, 0.2) is 0 Å². The molecule has 7 heteroatoms. The number of phenolic OH excluding ortho intramolecular Hbond substituents is 1. The Morgan fingerprint density at radius 3 is 2.58 bits per heavy atom. The summed E-state index contributed by atoms with van der Waals surface area (Å²) < 4.78 is 6.21. The Morgan fingerprint density at radius 1 is 1.37 bits per heavy atom. The molecule has 0 heterocycles. The number of likely N-dealkylation sites (N-methyl/N-ethyl adjacent to an activating group) is 1. The second kappa shape index (κ2) is 7.27. The number of esters is 1. The van der Waals surface area contributed by atoms with E-state index in [1.54, 1.807) is 19.1 Å². The first-order valence-corrected chi connectivity index (χ1v) is 7.61. The van der Waals surface area contributed by atoms with E-state index < -0.39 is 11.9 Å². The number of benzene rings is 1. The van der Waals surface area contributed by atoms with Gasteiger partial charge in [-0.25, -0.2) is 0 Å². The van der Waals surface area contributed by atoms with Gasteiger partial charge in [0, 0.05) is 10.6 Å². The predicted molar refractivity (Wildman–Crippen MR) is 87.1 cm³/mol. The number of aromatic hydroxyl groups is 1. The maximum absolute atomic E-state index is 12.2. The maximum Gasteiger partial charge on any atom is 0.325 e. The standard InChI is InChI=1S/C12H13I2NO4/c1-3-19-10(16)6-15(2)12(18)8-4-7(13)5-9(14)11(8)17/h4-5,17H,3,6H2,1-2H3. The molecule has 19 heavy (non-hydrogen) atoms. The van der Waals surface area contributed by atoms with Gasteiger partial charge in [-0.2, -0.15) is 0 Å². The molecule has 104 valence electrons. The highest BCUT2D eigenvalue weighted by Gasteiger charge is 2.20. The van der Waals surface area contributed by atoms with Gasteiger partial charge in [-0.15, -0.1) is 0 Å². The van der Waals surface area contributed by atoms with Gasteiger partial charge in [0.25, 0.3) is 5.91 Å². The number of carbonyl (C=O) groups is 2. The number of amides is 1. The van der Waals surface area contributed by atoms with Crippen LogP contribution in [0, 0.1) is 7.14 Å². The predicted octanol–water partition coefficient (Wildman–Crippen LogP) is 2.24. The molecule has 0 aliphatic rings. The van der Waals surface area contributed by atoms with Gasteiger partial charge in [0.05, 0.1) is 15.7 Å². The summed E-state index contributed by atoms with van der Waals surface area (Å²) in [6, 6.07) is 3.35. The molecule has 0 spiro atoms. The normalized spacial score (nSPS) is 10.1. The Labute approximate surface area is 138 Å². The topological polar surface area (TPSA) is 66.8 Å². The van der Waals surface area contributed by atoms with Crippen molar-refractivity contribution in [2.75, 3.05) is 20.2 Å². The third kappa shape index (κ3) is 4.48. The van der Waals surface area contributed by atoms with E-state index in [9.17, 15) is 14.7 Å². The van der Waals surface area contributed by atoms with Crippen LogP contribution in [-0.2, 0) is 9.53 Å². The minimum atomic E-state index is -0.474. The van der Waals surface area contributed by atoms with Crippen LogP contribution in [0.25, 0.3) is 0 Å². The van der Waals surface area contributed by atoms with E-state index in [2.05, 4.69) is 22.6 Å². The van der Waals surface area contributed by atoms with Crippen LogP contribution in [-0.4, -0.2) is 42.1 Å². The highest BCUT2D eigenvalue weighted by atomic mass is 127. The molecule has 1 amide bonds. The van der Waals surface area contributed by atoms with Crippen LogP contribution in [0.15, 0.2) is 12.1 Å². The van der Waals surface area contributed by atoms with Crippen molar-refractivity contribution >= 4 is 57.1 Å². The molecular weight excluding hydrogens is 476 g/mol. The molecule has 0 aromatic heterocycles. The van der Waals surface area contributed by atoms with E-state index in [1.807, 2.05) is 22.6 Å². The Bertz CT molecular complexity index is 505. The summed E-state index contributed by atoms with van der Waals surface area (Å²) in [7, 11) is 1.49. The lowest BCUT2D eigenvalue weighted by atomic mass is 10.2. The van der Waals surface area contributed by atoms with E-state index in [-0.39, 0.29) is 24.5 Å². The SMILES string of the molecule is CCOC(=O)CN(C)C(=O)c1cc(I)cc(I)c1O. The van der Waals surface area contributed by atoms with Crippen molar-refractivity contribution in [1.29, 1.82) is 0 Å². The lowest BCUT2D eigenvalue weighted by molar-refractivity contribution is -0.143. The average molecular weight is 489 g/mol. The minimum Gasteiger partial charge on any atom is -0.506 e. The smallest absolute Gasteiger partial charge is 0.325 e. The second-order valence-electron chi connectivity index (χ2n) is 3.75. The number of phenols is 1. The lowest BCUT2D eigenvalue weighted by Crippen LogP contribution is -2.33. The maximum atomic E-state index is 12.2. The van der Waals surface area contributed by atoms with Gasteiger partial charge in [0.2, 0.25) is 0 Å². The summed E-state index contributed by atoms with van der Waals surface area (Å²) in [4.78, 5) is 24.7. The van der Waals surface area contributed by atoms with Gasteiger partial charge in [-0.3, -0.25) is 9.59 Å². The number of hydrogen-bond donors (Lipinski definition) is 1. The summed E-state index contributed by atoms with van der Waals surface area (Å²) in [5.74, 6) is -0.957. The first-order chi connectivity index (χ1) is 8.86. The number of ether oxygens (including phenoxy) is 1. The zero-order valence-corrected chi connectivity index (χ0v) is 14.8. The molecule has 1 aromatic rings. The van der Waals surface area contributed by atoms with Crippen LogP contribution >= 0.6 is 45.2 Å². The molecule has 1 N–H and O–H groups in total. The van der Waals surface area contributed by atoms with Crippen molar-refractivity contribution in [3.8, 4) is 5.75 Å². The van der Waals surface area contributed by atoms with Crippen molar-refractivity contribution < 1.29 is 19.4 Å². The Balaban J connectivity index is 2.91. The summed E-state index contributed by atoms with van der Waals surface area (Å²) in [5, 5.41) is 9.90. The van der Waals surface area contributed by atoms with E-state index in [4.69, 9.17) is 4.74 Å². The van der Waals surface area contributed by atoms with Crippen LogP contribution < -0.4 is 0 Å². The number of carbonyl (C=O) groups excluding carboxylic acids is 2. The fourth-order valence-corrected chi connectivity index (χ4v) is 3.25. The third-order valence-corrected chi connectivity index (χ3v) is 3.72. The zero-order chi connectivity index (χ0) is 14.6. The molecule has 0 aliphatic carbocycles. The Morgan fingerprint density at radius 2 is 2.00 bits per heavy atom. The molecule has 1 rings (SSSR count). The molecule has 0 saturated heterocycles. The average Bonchev–Trinajstić information content (AvgIpc) is 2.33. The Hall–Kier alpha value is -0.580. The molecule has 0 saturated carbocycles. The fraction of sp³-hybridized carbons (Fsp3) is 0.333. The third-order valence-electron chi connectivity index (χ3n) is 2.28. The van der Waals surface area contributed by atoms with Crippen molar-refractivity contribution in [2.24, 2.45) is 0 Å². The zero-order valence-electron chi connectivity index (χ0n) is 10.4. The van der Waals surface area contributed by atoms with Crippen molar-refractivity contribution in [2.45, 2.75) is 6.92 Å². The van der Waals surface area contributed by atoms with Crippen LogP contribution in [0.2, 0.25) is 0 Å².